The van der Waals surface area contributed by atoms with E-state index >= 15 is 0 Å². The number of unbranched alkanes of at least 4 members (excludes halogenated alkanes) is 2. The van der Waals surface area contributed by atoms with Crippen molar-refractivity contribution < 1.29 is 0 Å². The van der Waals surface area contributed by atoms with Gasteiger partial charge in [-0.3, -0.25) is 0 Å². The third-order valence-electron chi connectivity index (χ3n) is 4.81. The molecule has 0 N–H and O–H groups in total. The van der Waals surface area contributed by atoms with Crippen LogP contribution in [0.4, 0.5) is 0 Å². The first-order chi connectivity index (χ1) is 10.2. The highest BCUT2D eigenvalue weighted by Crippen LogP contribution is 2.26. The van der Waals surface area contributed by atoms with E-state index in [-0.39, 0.29) is 0 Å². The van der Waals surface area contributed by atoms with Gasteiger partial charge in [0.05, 0.1) is 0 Å². The maximum absolute atomic E-state index is 2.82. The molecule has 0 fully saturated rings. The first-order valence-corrected chi connectivity index (χ1v) is 9.64. The molecule has 0 amide bonds. The molecule has 1 aliphatic carbocycles. The quantitative estimate of drug-likeness (QED) is 0.399. The van der Waals surface area contributed by atoms with E-state index in [0.29, 0.717) is 0 Å². The Balaban J connectivity index is 2.73. The average Bonchev–Trinajstić information content (AvgIpc) is 2.50. The summed E-state index contributed by atoms with van der Waals surface area (Å²) in [5.74, 6) is 0.815. The Morgan fingerprint density at radius 1 is 1.10 bits per heavy atom. The average molecular weight is 291 g/mol. The van der Waals surface area contributed by atoms with Crippen LogP contribution in [0.5, 0.6) is 0 Å². The zero-order valence-corrected chi connectivity index (χ0v) is 15.2. The summed E-state index contributed by atoms with van der Waals surface area (Å²) >= 11 is 0. The molecular formula is C19H38BN. The third-order valence-corrected chi connectivity index (χ3v) is 4.81. The first-order valence-electron chi connectivity index (χ1n) is 9.64. The Bertz CT molecular complexity index is 277. The fourth-order valence-electron chi connectivity index (χ4n) is 3.38. The number of nitrogens with zero attached hydrogens (tertiary/aromatic N) is 1. The molecule has 0 aromatic rings. The van der Waals surface area contributed by atoms with Crippen molar-refractivity contribution in [2.45, 2.75) is 98.1 Å². The maximum Gasteiger partial charge on any atom is 0.254 e. The number of hydrogen-bond acceptors (Lipinski definition) is 1. The first kappa shape index (κ1) is 18.7. The molecule has 122 valence electrons. The van der Waals surface area contributed by atoms with Crippen molar-refractivity contribution in [3.8, 4) is 0 Å². The zero-order valence-electron chi connectivity index (χ0n) is 15.2. The number of rotatable bonds is 11. The molecule has 1 aliphatic rings. The molecule has 21 heavy (non-hydrogen) atoms. The normalized spacial score (nSPS) is 15.2. The van der Waals surface area contributed by atoms with E-state index in [9.17, 15) is 0 Å². The summed E-state index contributed by atoms with van der Waals surface area (Å²) in [7, 11) is 0. The SMILES string of the molecule is CCCCB(CCCC)N(CCC(C)C)C1=CCCCC1. The van der Waals surface area contributed by atoms with Gasteiger partial charge in [0, 0.05) is 6.54 Å². The third kappa shape index (κ3) is 7.43. The van der Waals surface area contributed by atoms with Crippen molar-refractivity contribution in [2.75, 3.05) is 6.54 Å². The molecule has 0 atom stereocenters. The zero-order chi connectivity index (χ0) is 15.5. The fourth-order valence-corrected chi connectivity index (χ4v) is 3.38. The minimum atomic E-state index is 0.799. The molecule has 0 heterocycles. The van der Waals surface area contributed by atoms with Crippen LogP contribution in [0, 0.1) is 5.92 Å². The molecule has 0 radical (unpaired) electrons. The summed E-state index contributed by atoms with van der Waals surface area (Å²) in [6.45, 7) is 11.5. The van der Waals surface area contributed by atoms with Crippen molar-refractivity contribution >= 4 is 6.85 Å². The number of hydrogen-bond donors (Lipinski definition) is 0. The van der Waals surface area contributed by atoms with Crippen LogP contribution < -0.4 is 0 Å². The lowest BCUT2D eigenvalue weighted by Crippen LogP contribution is -2.40. The van der Waals surface area contributed by atoms with Gasteiger partial charge in [-0.05, 0) is 43.7 Å². The molecule has 0 aliphatic heterocycles. The van der Waals surface area contributed by atoms with Crippen LogP contribution in [0.2, 0.25) is 12.6 Å². The van der Waals surface area contributed by atoms with Gasteiger partial charge >= 0.3 is 0 Å². The van der Waals surface area contributed by atoms with Crippen LogP contribution in [0.15, 0.2) is 11.8 Å². The highest BCUT2D eigenvalue weighted by Gasteiger charge is 2.24. The van der Waals surface area contributed by atoms with Crippen LogP contribution >= 0.6 is 0 Å². The predicted octanol–water partition coefficient (Wildman–Crippen LogP) is 6.38. The van der Waals surface area contributed by atoms with E-state index in [1.54, 1.807) is 5.70 Å². The van der Waals surface area contributed by atoms with Gasteiger partial charge in [0.1, 0.15) is 0 Å². The summed E-state index contributed by atoms with van der Waals surface area (Å²) < 4.78 is 0. The Morgan fingerprint density at radius 2 is 1.76 bits per heavy atom. The fraction of sp³-hybridized carbons (Fsp3) is 0.895. The standard InChI is InChI=1S/C19H38BN/c1-5-7-15-20(16-8-6-2)21(17-14-18(3)4)19-12-10-9-11-13-19/h12,18H,5-11,13-17H2,1-4H3. The van der Waals surface area contributed by atoms with E-state index in [1.165, 1.54) is 77.0 Å². The van der Waals surface area contributed by atoms with E-state index < -0.39 is 0 Å². The van der Waals surface area contributed by atoms with E-state index in [1.807, 2.05) is 0 Å². The second kappa shape index (κ2) is 11.2. The van der Waals surface area contributed by atoms with Gasteiger partial charge < -0.3 is 4.81 Å². The van der Waals surface area contributed by atoms with E-state index in [2.05, 4.69) is 38.6 Å². The highest BCUT2D eigenvalue weighted by molar-refractivity contribution is 6.56. The summed E-state index contributed by atoms with van der Waals surface area (Å²) in [6.07, 6.45) is 17.6. The van der Waals surface area contributed by atoms with Crippen molar-refractivity contribution in [1.82, 2.24) is 4.81 Å². The van der Waals surface area contributed by atoms with Crippen molar-refractivity contribution in [1.29, 1.82) is 0 Å². The van der Waals surface area contributed by atoms with Crippen molar-refractivity contribution in [3.05, 3.63) is 11.8 Å². The Labute approximate surface area is 134 Å². The van der Waals surface area contributed by atoms with Crippen molar-refractivity contribution in [3.63, 3.8) is 0 Å². The van der Waals surface area contributed by atoms with Crippen LogP contribution in [-0.4, -0.2) is 18.2 Å². The summed E-state index contributed by atoms with van der Waals surface area (Å²) in [5, 5.41) is 0. The monoisotopic (exact) mass is 291 g/mol. The van der Waals surface area contributed by atoms with E-state index in [0.717, 1.165) is 12.8 Å². The molecule has 0 aromatic heterocycles. The summed E-state index contributed by atoms with van der Waals surface area (Å²) in [5.41, 5.74) is 1.68. The lowest BCUT2D eigenvalue weighted by Gasteiger charge is -2.36. The molecule has 2 heteroatoms. The summed E-state index contributed by atoms with van der Waals surface area (Å²) in [6, 6.07) is 0. The Morgan fingerprint density at radius 3 is 2.24 bits per heavy atom. The molecule has 1 nitrogen and oxygen atoms in total. The minimum Gasteiger partial charge on any atom is -0.418 e. The van der Waals surface area contributed by atoms with Gasteiger partial charge in [0.15, 0.2) is 0 Å². The lowest BCUT2D eigenvalue weighted by atomic mass is 9.52. The van der Waals surface area contributed by atoms with Gasteiger partial charge in [0.25, 0.3) is 6.85 Å². The van der Waals surface area contributed by atoms with E-state index in [4.69, 9.17) is 0 Å². The van der Waals surface area contributed by atoms with Crippen molar-refractivity contribution in [2.24, 2.45) is 5.92 Å². The second-order valence-corrected chi connectivity index (χ2v) is 7.26. The number of allylic oxidation sites excluding steroid dienone is 2. The predicted molar refractivity (Wildman–Crippen MR) is 97.9 cm³/mol. The molecule has 0 saturated heterocycles. The van der Waals surface area contributed by atoms with Gasteiger partial charge in [-0.1, -0.05) is 72.1 Å². The smallest absolute Gasteiger partial charge is 0.254 e. The molecule has 1 rings (SSSR count). The molecule has 0 unspecified atom stereocenters. The Hall–Kier alpha value is -0.395. The van der Waals surface area contributed by atoms with Crippen LogP contribution in [0.25, 0.3) is 0 Å². The molecule has 0 spiro atoms. The van der Waals surface area contributed by atoms with Gasteiger partial charge in [-0.25, -0.2) is 0 Å². The molecule has 0 saturated carbocycles. The maximum atomic E-state index is 2.82. The van der Waals surface area contributed by atoms with Crippen LogP contribution in [-0.2, 0) is 0 Å². The topological polar surface area (TPSA) is 3.24 Å². The highest BCUT2D eigenvalue weighted by atomic mass is 15.1. The minimum absolute atomic E-state index is 0.799. The Kier molecular flexibility index (Phi) is 9.96. The molecular weight excluding hydrogens is 253 g/mol. The van der Waals surface area contributed by atoms with Gasteiger partial charge in [-0.15, -0.1) is 0 Å². The van der Waals surface area contributed by atoms with Gasteiger partial charge in [-0.2, -0.15) is 0 Å². The second-order valence-electron chi connectivity index (χ2n) is 7.26. The van der Waals surface area contributed by atoms with Crippen LogP contribution in [0.1, 0.15) is 85.5 Å². The van der Waals surface area contributed by atoms with Gasteiger partial charge in [0.2, 0.25) is 0 Å². The molecule has 0 bridgehead atoms. The molecule has 0 aromatic carbocycles. The summed E-state index contributed by atoms with van der Waals surface area (Å²) in [4.78, 5) is 2.82. The lowest BCUT2D eigenvalue weighted by molar-refractivity contribution is 0.422. The van der Waals surface area contributed by atoms with Crippen LogP contribution in [0.3, 0.4) is 0 Å². The largest absolute Gasteiger partial charge is 0.418 e.